The van der Waals surface area contributed by atoms with Crippen molar-refractivity contribution in [2.45, 2.75) is 50.5 Å². The Balaban J connectivity index is 1.79. The second-order valence-electron chi connectivity index (χ2n) is 5.68. The van der Waals surface area contributed by atoms with Gasteiger partial charge in [0.2, 0.25) is 5.89 Å². The number of hydrogen-bond donors (Lipinski definition) is 1. The van der Waals surface area contributed by atoms with Gasteiger partial charge in [0.15, 0.2) is 5.82 Å². The molecule has 0 unspecified atom stereocenters. The molecule has 1 aliphatic carbocycles. The van der Waals surface area contributed by atoms with Crippen molar-refractivity contribution in [3.8, 4) is 0 Å². The van der Waals surface area contributed by atoms with Crippen LogP contribution in [-0.4, -0.2) is 10.1 Å². The minimum absolute atomic E-state index is 0.406. The smallest absolute Gasteiger partial charge is 0.248 e. The van der Waals surface area contributed by atoms with Crippen molar-refractivity contribution < 1.29 is 4.52 Å². The molecule has 21 heavy (non-hydrogen) atoms. The van der Waals surface area contributed by atoms with Crippen molar-refractivity contribution in [2.75, 3.05) is 0 Å². The lowest BCUT2D eigenvalue weighted by atomic mass is 10.00. The van der Waals surface area contributed by atoms with Crippen molar-refractivity contribution in [3.05, 3.63) is 46.6 Å². The van der Waals surface area contributed by atoms with Crippen molar-refractivity contribution in [3.63, 3.8) is 0 Å². The van der Waals surface area contributed by atoms with Gasteiger partial charge < -0.3 is 10.3 Å². The molecule has 1 aromatic heterocycles. The topological polar surface area (TPSA) is 64.9 Å². The summed E-state index contributed by atoms with van der Waals surface area (Å²) in [4.78, 5) is 4.53. The Morgan fingerprint density at radius 3 is 2.57 bits per heavy atom. The number of rotatable bonds is 3. The quantitative estimate of drug-likeness (QED) is 0.863. The molecule has 1 atom stereocenters. The molecule has 0 spiro atoms. The average molecular weight is 306 g/mol. The van der Waals surface area contributed by atoms with Gasteiger partial charge in [0.1, 0.15) is 6.04 Å². The van der Waals surface area contributed by atoms with E-state index < -0.39 is 6.04 Å². The summed E-state index contributed by atoms with van der Waals surface area (Å²) >= 11 is 6.18. The molecule has 0 saturated heterocycles. The predicted molar refractivity (Wildman–Crippen MR) is 82.2 cm³/mol. The molecule has 4 nitrogen and oxygen atoms in total. The minimum atomic E-state index is -0.467. The number of halogens is 1. The summed E-state index contributed by atoms with van der Waals surface area (Å²) in [6.45, 7) is 0. The van der Waals surface area contributed by atoms with Crippen LogP contribution in [0.2, 0.25) is 5.02 Å². The third-order valence-corrected chi connectivity index (χ3v) is 4.53. The fraction of sp³-hybridized carbons (Fsp3) is 0.500. The monoisotopic (exact) mass is 305 g/mol. The molecule has 1 aromatic carbocycles. The SMILES string of the molecule is N[C@@H](c1nc(C2CCCCCC2)no1)c1ccccc1Cl. The zero-order valence-corrected chi connectivity index (χ0v) is 12.7. The van der Waals surface area contributed by atoms with Gasteiger partial charge in [-0.15, -0.1) is 0 Å². The first-order chi connectivity index (χ1) is 10.3. The highest BCUT2D eigenvalue weighted by molar-refractivity contribution is 6.31. The zero-order valence-electron chi connectivity index (χ0n) is 12.0. The number of benzene rings is 1. The summed E-state index contributed by atoms with van der Waals surface area (Å²) in [7, 11) is 0. The molecule has 1 fully saturated rings. The second kappa shape index (κ2) is 6.58. The number of nitrogens with zero attached hydrogens (tertiary/aromatic N) is 2. The van der Waals surface area contributed by atoms with Gasteiger partial charge in [-0.3, -0.25) is 0 Å². The molecule has 1 saturated carbocycles. The van der Waals surface area contributed by atoms with E-state index in [0.29, 0.717) is 16.8 Å². The van der Waals surface area contributed by atoms with Gasteiger partial charge in [0, 0.05) is 10.9 Å². The molecule has 5 heteroatoms. The Morgan fingerprint density at radius 1 is 1.14 bits per heavy atom. The summed E-state index contributed by atoms with van der Waals surface area (Å²) in [5, 5.41) is 4.77. The van der Waals surface area contributed by atoms with Gasteiger partial charge in [-0.1, -0.05) is 60.6 Å². The van der Waals surface area contributed by atoms with E-state index in [0.717, 1.165) is 24.2 Å². The van der Waals surface area contributed by atoms with Crippen molar-refractivity contribution >= 4 is 11.6 Å². The van der Waals surface area contributed by atoms with Gasteiger partial charge in [0.05, 0.1) is 0 Å². The van der Waals surface area contributed by atoms with Crippen LogP contribution in [0.3, 0.4) is 0 Å². The van der Waals surface area contributed by atoms with Crippen LogP contribution in [0.4, 0.5) is 0 Å². The normalized spacial score (nSPS) is 18.4. The maximum Gasteiger partial charge on any atom is 0.248 e. The summed E-state index contributed by atoms with van der Waals surface area (Å²) in [5.74, 6) is 1.65. The van der Waals surface area contributed by atoms with Crippen LogP contribution in [0, 0.1) is 0 Å². The van der Waals surface area contributed by atoms with Crippen molar-refractivity contribution in [2.24, 2.45) is 5.73 Å². The summed E-state index contributed by atoms with van der Waals surface area (Å²) in [6, 6.07) is 7.03. The van der Waals surface area contributed by atoms with Gasteiger partial charge in [0.25, 0.3) is 0 Å². The lowest BCUT2D eigenvalue weighted by molar-refractivity contribution is 0.357. The molecule has 2 aromatic rings. The third kappa shape index (κ3) is 3.27. The number of hydrogen-bond acceptors (Lipinski definition) is 4. The summed E-state index contributed by atoms with van der Waals surface area (Å²) in [6.07, 6.45) is 7.37. The van der Waals surface area contributed by atoms with Crippen LogP contribution in [-0.2, 0) is 0 Å². The summed E-state index contributed by atoms with van der Waals surface area (Å²) in [5.41, 5.74) is 7.03. The second-order valence-corrected chi connectivity index (χ2v) is 6.09. The Bertz CT molecular complexity index is 591. The summed E-state index contributed by atoms with van der Waals surface area (Å²) < 4.78 is 5.39. The first kappa shape index (κ1) is 14.5. The molecule has 0 bridgehead atoms. The van der Waals surface area contributed by atoms with Gasteiger partial charge >= 0.3 is 0 Å². The molecule has 2 N–H and O–H groups in total. The van der Waals surface area contributed by atoms with Crippen LogP contribution >= 0.6 is 11.6 Å². The Hall–Kier alpha value is -1.39. The van der Waals surface area contributed by atoms with Crippen molar-refractivity contribution in [1.82, 2.24) is 10.1 Å². The largest absolute Gasteiger partial charge is 0.337 e. The van der Waals surface area contributed by atoms with E-state index in [-0.39, 0.29) is 0 Å². The number of aromatic nitrogens is 2. The fourth-order valence-corrected chi connectivity index (χ4v) is 3.19. The number of nitrogens with two attached hydrogens (primary N) is 1. The molecular formula is C16H20ClN3O. The Morgan fingerprint density at radius 2 is 1.86 bits per heavy atom. The first-order valence-corrected chi connectivity index (χ1v) is 7.97. The van der Waals surface area contributed by atoms with E-state index in [1.165, 1.54) is 25.7 Å². The zero-order chi connectivity index (χ0) is 14.7. The van der Waals surface area contributed by atoms with Crippen LogP contribution < -0.4 is 5.73 Å². The van der Waals surface area contributed by atoms with Crippen molar-refractivity contribution in [1.29, 1.82) is 0 Å². The van der Waals surface area contributed by atoms with Crippen LogP contribution in [0.15, 0.2) is 28.8 Å². The van der Waals surface area contributed by atoms with E-state index in [1.807, 2.05) is 24.3 Å². The van der Waals surface area contributed by atoms with E-state index in [1.54, 1.807) is 0 Å². The van der Waals surface area contributed by atoms with E-state index in [9.17, 15) is 0 Å². The highest BCUT2D eigenvalue weighted by atomic mass is 35.5. The highest BCUT2D eigenvalue weighted by Gasteiger charge is 2.23. The highest BCUT2D eigenvalue weighted by Crippen LogP contribution is 2.31. The molecule has 0 amide bonds. The average Bonchev–Trinajstić information content (AvgIpc) is 2.83. The maximum absolute atomic E-state index is 6.21. The molecule has 0 radical (unpaired) electrons. The molecule has 1 aliphatic rings. The minimum Gasteiger partial charge on any atom is -0.337 e. The predicted octanol–water partition coefficient (Wildman–Crippen LogP) is 4.21. The molecule has 112 valence electrons. The third-order valence-electron chi connectivity index (χ3n) is 4.18. The fourth-order valence-electron chi connectivity index (χ4n) is 2.94. The van der Waals surface area contributed by atoms with Crippen LogP contribution in [0.5, 0.6) is 0 Å². The standard InChI is InChI=1S/C16H20ClN3O/c17-13-10-6-5-9-12(13)14(18)16-19-15(20-21-16)11-7-3-1-2-4-8-11/h5-6,9-11,14H,1-4,7-8,18H2/t14-/m1/s1. The first-order valence-electron chi connectivity index (χ1n) is 7.59. The lowest BCUT2D eigenvalue weighted by Gasteiger charge is -2.09. The molecule has 0 aliphatic heterocycles. The van der Waals surface area contributed by atoms with E-state index in [4.69, 9.17) is 21.9 Å². The van der Waals surface area contributed by atoms with Crippen LogP contribution in [0.25, 0.3) is 0 Å². The van der Waals surface area contributed by atoms with Gasteiger partial charge in [-0.2, -0.15) is 4.98 Å². The Labute approximate surface area is 129 Å². The molecule has 3 rings (SSSR count). The molecule has 1 heterocycles. The van der Waals surface area contributed by atoms with Crippen LogP contribution in [0.1, 0.15) is 67.8 Å². The van der Waals surface area contributed by atoms with Gasteiger partial charge in [-0.05, 0) is 24.5 Å². The lowest BCUT2D eigenvalue weighted by Crippen LogP contribution is -2.13. The van der Waals surface area contributed by atoms with E-state index >= 15 is 0 Å². The molecular weight excluding hydrogens is 286 g/mol. The van der Waals surface area contributed by atoms with E-state index in [2.05, 4.69) is 10.1 Å². The maximum atomic E-state index is 6.21. The Kier molecular flexibility index (Phi) is 4.56. The van der Waals surface area contributed by atoms with Gasteiger partial charge in [-0.25, -0.2) is 0 Å².